The highest BCUT2D eigenvalue weighted by molar-refractivity contribution is 7.91. The van der Waals surface area contributed by atoms with E-state index in [-0.39, 0.29) is 16.3 Å². The average Bonchev–Trinajstić information content (AvgIpc) is 3.13. The predicted molar refractivity (Wildman–Crippen MR) is 103 cm³/mol. The van der Waals surface area contributed by atoms with Crippen molar-refractivity contribution in [3.63, 3.8) is 0 Å². The number of methoxy groups -OCH3 is 2. The number of amides is 1. The van der Waals surface area contributed by atoms with E-state index in [1.165, 1.54) is 17.4 Å². The van der Waals surface area contributed by atoms with Crippen molar-refractivity contribution in [1.29, 1.82) is 0 Å². The minimum atomic E-state index is -3.72. The van der Waals surface area contributed by atoms with Gasteiger partial charge in [-0.3, -0.25) is 9.69 Å². The van der Waals surface area contributed by atoms with Crippen molar-refractivity contribution in [2.24, 2.45) is 5.14 Å². The van der Waals surface area contributed by atoms with Crippen molar-refractivity contribution in [2.75, 3.05) is 40.5 Å². The van der Waals surface area contributed by atoms with Crippen LogP contribution in [0.25, 0.3) is 9.40 Å². The first-order chi connectivity index (χ1) is 12.3. The standard InChI is InChI=1S/C15H23N3O5S3/c1-10(18(4-6-22-2)5-7-23-3)17-14(19)12-8-11-9-13(26(16,20)21)25-15(11)24-12/h8-10H,4-7H2,1-3H3,(H,17,19)(H2,16,20,21). The number of sulfonamides is 1. The lowest BCUT2D eigenvalue weighted by Crippen LogP contribution is -2.48. The van der Waals surface area contributed by atoms with Crippen LogP contribution in [0.3, 0.4) is 0 Å². The van der Waals surface area contributed by atoms with E-state index in [0.29, 0.717) is 36.6 Å². The molecule has 2 rings (SSSR count). The van der Waals surface area contributed by atoms with Gasteiger partial charge in [0, 0.05) is 32.7 Å². The minimum absolute atomic E-state index is 0.101. The molecule has 0 aromatic carbocycles. The van der Waals surface area contributed by atoms with Gasteiger partial charge in [-0.15, -0.1) is 22.7 Å². The Hall–Kier alpha value is -1.08. The highest BCUT2D eigenvalue weighted by atomic mass is 32.2. The van der Waals surface area contributed by atoms with Crippen LogP contribution in [0.1, 0.15) is 16.6 Å². The van der Waals surface area contributed by atoms with E-state index in [2.05, 4.69) is 10.2 Å². The van der Waals surface area contributed by atoms with Crippen LogP contribution in [-0.4, -0.2) is 65.9 Å². The van der Waals surface area contributed by atoms with Crippen molar-refractivity contribution in [2.45, 2.75) is 17.3 Å². The van der Waals surface area contributed by atoms with E-state index in [9.17, 15) is 13.2 Å². The van der Waals surface area contributed by atoms with E-state index in [4.69, 9.17) is 14.6 Å². The Morgan fingerprint density at radius 2 is 1.85 bits per heavy atom. The van der Waals surface area contributed by atoms with E-state index in [1.54, 1.807) is 20.3 Å². The van der Waals surface area contributed by atoms with Crippen molar-refractivity contribution in [1.82, 2.24) is 10.2 Å². The van der Waals surface area contributed by atoms with Crippen LogP contribution in [0.15, 0.2) is 16.3 Å². The van der Waals surface area contributed by atoms with Crippen LogP contribution in [-0.2, 0) is 19.5 Å². The molecule has 26 heavy (non-hydrogen) atoms. The molecule has 3 N–H and O–H groups in total. The van der Waals surface area contributed by atoms with Gasteiger partial charge in [-0.1, -0.05) is 0 Å². The summed E-state index contributed by atoms with van der Waals surface area (Å²) in [6, 6.07) is 3.18. The number of ether oxygens (including phenoxy) is 2. The summed E-state index contributed by atoms with van der Waals surface area (Å²) in [5.74, 6) is -0.206. The maximum Gasteiger partial charge on any atom is 0.262 e. The first kappa shape index (κ1) is 21.2. The monoisotopic (exact) mass is 421 g/mol. The first-order valence-electron chi connectivity index (χ1n) is 7.85. The Morgan fingerprint density at radius 1 is 1.23 bits per heavy atom. The van der Waals surface area contributed by atoms with Gasteiger partial charge < -0.3 is 14.8 Å². The zero-order valence-electron chi connectivity index (χ0n) is 14.9. The molecule has 1 unspecified atom stereocenters. The molecule has 2 aromatic rings. The quantitative estimate of drug-likeness (QED) is 0.559. The highest BCUT2D eigenvalue weighted by Crippen LogP contribution is 2.35. The van der Waals surface area contributed by atoms with Gasteiger partial charge in [-0.05, 0) is 19.1 Å². The van der Waals surface area contributed by atoms with Crippen LogP contribution in [0.4, 0.5) is 0 Å². The molecule has 0 aliphatic rings. The Morgan fingerprint density at radius 3 is 2.35 bits per heavy atom. The molecular weight excluding hydrogens is 398 g/mol. The molecule has 0 spiro atoms. The number of primary sulfonamides is 1. The molecule has 146 valence electrons. The molecular formula is C15H23N3O5S3. The smallest absolute Gasteiger partial charge is 0.262 e. The minimum Gasteiger partial charge on any atom is -0.383 e. The molecule has 8 nitrogen and oxygen atoms in total. The number of nitrogens with zero attached hydrogens (tertiary/aromatic N) is 1. The summed E-state index contributed by atoms with van der Waals surface area (Å²) in [7, 11) is -0.460. The van der Waals surface area contributed by atoms with Gasteiger partial charge in [0.2, 0.25) is 10.0 Å². The number of hydrogen-bond acceptors (Lipinski definition) is 8. The molecule has 0 saturated carbocycles. The number of nitrogens with two attached hydrogens (primary N) is 1. The summed E-state index contributed by atoms with van der Waals surface area (Å²) >= 11 is 2.32. The fourth-order valence-corrected chi connectivity index (χ4v) is 5.58. The third-order valence-electron chi connectivity index (χ3n) is 3.75. The van der Waals surface area contributed by atoms with Crippen molar-refractivity contribution in [3.8, 4) is 0 Å². The Labute approximate surface area is 160 Å². The highest BCUT2D eigenvalue weighted by Gasteiger charge is 2.20. The van der Waals surface area contributed by atoms with Crippen LogP contribution in [0.2, 0.25) is 0 Å². The third kappa shape index (κ3) is 5.46. The van der Waals surface area contributed by atoms with Gasteiger partial charge in [-0.25, -0.2) is 13.6 Å². The summed E-state index contributed by atoms with van der Waals surface area (Å²) in [5, 5.41) is 8.80. The van der Waals surface area contributed by atoms with Gasteiger partial charge in [0.1, 0.15) is 4.21 Å². The molecule has 0 aliphatic heterocycles. The molecule has 0 aliphatic carbocycles. The largest absolute Gasteiger partial charge is 0.383 e. The summed E-state index contributed by atoms with van der Waals surface area (Å²) in [4.78, 5) is 15.1. The topological polar surface area (TPSA) is 111 Å². The summed E-state index contributed by atoms with van der Waals surface area (Å²) < 4.78 is 33.9. The van der Waals surface area contributed by atoms with E-state index in [1.807, 2.05) is 6.92 Å². The van der Waals surface area contributed by atoms with Gasteiger partial charge in [0.15, 0.2) is 0 Å². The lowest BCUT2D eigenvalue weighted by molar-refractivity contribution is 0.0693. The SMILES string of the molecule is COCCN(CCOC)C(C)NC(=O)c1cc2cc(S(N)(=O)=O)sc2s1. The number of carbonyl (C=O) groups is 1. The molecule has 2 heterocycles. The van der Waals surface area contributed by atoms with Crippen LogP contribution < -0.4 is 10.5 Å². The molecule has 0 saturated heterocycles. The molecule has 11 heteroatoms. The number of hydrogen-bond donors (Lipinski definition) is 2. The summed E-state index contributed by atoms with van der Waals surface area (Å²) in [6.07, 6.45) is -0.201. The van der Waals surface area contributed by atoms with E-state index >= 15 is 0 Å². The predicted octanol–water partition coefficient (Wildman–Crippen LogP) is 1.28. The Kier molecular flexibility index (Phi) is 7.52. The van der Waals surface area contributed by atoms with Gasteiger partial charge in [0.05, 0.1) is 28.3 Å². The van der Waals surface area contributed by atoms with Crippen molar-refractivity contribution >= 4 is 48.0 Å². The zero-order valence-corrected chi connectivity index (χ0v) is 17.3. The Bertz CT molecular complexity index is 806. The lowest BCUT2D eigenvalue weighted by Gasteiger charge is -2.29. The normalized spacial score (nSPS) is 13.4. The molecule has 0 bridgehead atoms. The summed E-state index contributed by atoms with van der Waals surface area (Å²) in [6.45, 7) is 4.33. The van der Waals surface area contributed by atoms with Crippen LogP contribution >= 0.6 is 22.7 Å². The van der Waals surface area contributed by atoms with Crippen molar-refractivity contribution < 1.29 is 22.7 Å². The molecule has 1 amide bonds. The maximum atomic E-state index is 12.5. The molecule has 1 atom stereocenters. The lowest BCUT2D eigenvalue weighted by atomic mass is 10.3. The molecule has 0 radical (unpaired) electrons. The van der Waals surface area contributed by atoms with Crippen LogP contribution in [0, 0.1) is 0 Å². The number of nitrogens with one attached hydrogen (secondary N) is 1. The second-order valence-corrected chi connectivity index (χ2v) is 9.79. The fraction of sp³-hybridized carbons (Fsp3) is 0.533. The van der Waals surface area contributed by atoms with Gasteiger partial charge in [-0.2, -0.15) is 0 Å². The van der Waals surface area contributed by atoms with E-state index in [0.717, 1.165) is 15.4 Å². The Balaban J connectivity index is 2.07. The van der Waals surface area contributed by atoms with Crippen molar-refractivity contribution in [3.05, 3.63) is 17.0 Å². The molecule has 2 aromatic heterocycles. The second kappa shape index (κ2) is 9.22. The van der Waals surface area contributed by atoms with Gasteiger partial charge in [0.25, 0.3) is 5.91 Å². The third-order valence-corrected chi connectivity index (χ3v) is 7.56. The summed E-state index contributed by atoms with van der Waals surface area (Å²) in [5.41, 5.74) is 0. The number of rotatable bonds is 10. The average molecular weight is 422 g/mol. The fourth-order valence-electron chi connectivity index (χ4n) is 2.34. The first-order valence-corrected chi connectivity index (χ1v) is 11.0. The zero-order chi connectivity index (χ0) is 19.3. The van der Waals surface area contributed by atoms with E-state index < -0.39 is 10.0 Å². The maximum absolute atomic E-state index is 12.5. The number of fused-ring (bicyclic) bond motifs is 1. The number of thiophene rings is 2. The van der Waals surface area contributed by atoms with Gasteiger partial charge >= 0.3 is 0 Å². The molecule has 0 fully saturated rings. The number of carbonyl (C=O) groups excluding carboxylic acids is 1. The van der Waals surface area contributed by atoms with Crippen LogP contribution in [0.5, 0.6) is 0 Å². The second-order valence-electron chi connectivity index (χ2n) is 5.63.